The number of benzene rings is 2. The number of nitrogens with zero attached hydrogens (tertiary/aromatic N) is 4. The summed E-state index contributed by atoms with van der Waals surface area (Å²) < 4.78 is 10.6. The Hall–Kier alpha value is -3.17. The highest BCUT2D eigenvalue weighted by molar-refractivity contribution is 6.36. The fourth-order valence-electron chi connectivity index (χ4n) is 2.57. The highest BCUT2D eigenvalue weighted by atomic mass is 35.5. The molecule has 0 saturated heterocycles. The third-order valence-electron chi connectivity index (χ3n) is 4.17. The zero-order valence-corrected chi connectivity index (χ0v) is 17.5. The van der Waals surface area contributed by atoms with E-state index in [-0.39, 0.29) is 36.5 Å². The van der Waals surface area contributed by atoms with E-state index in [1.54, 1.807) is 32.2 Å². The van der Waals surface area contributed by atoms with E-state index in [0.717, 1.165) is 0 Å². The molecule has 0 aliphatic rings. The molecule has 1 aromatic heterocycles. The molecular weight excluding hydrogens is 435 g/mol. The van der Waals surface area contributed by atoms with E-state index in [0.29, 0.717) is 26.9 Å². The molecule has 0 aliphatic carbocycles. The molecule has 156 valence electrons. The van der Waals surface area contributed by atoms with E-state index in [4.69, 9.17) is 32.5 Å². The van der Waals surface area contributed by atoms with Crippen molar-refractivity contribution in [2.45, 2.75) is 13.5 Å². The summed E-state index contributed by atoms with van der Waals surface area (Å²) in [4.78, 5) is 28.3. The zero-order chi connectivity index (χ0) is 21.8. The molecule has 0 atom stereocenters. The van der Waals surface area contributed by atoms with Crippen molar-refractivity contribution in [2.75, 3.05) is 13.7 Å². The van der Waals surface area contributed by atoms with Gasteiger partial charge in [-0.1, -0.05) is 28.4 Å². The summed E-state index contributed by atoms with van der Waals surface area (Å²) in [7, 11) is 1.56. The van der Waals surface area contributed by atoms with Crippen LogP contribution < -0.4 is 4.74 Å². The van der Waals surface area contributed by atoms with Crippen molar-refractivity contribution >= 4 is 34.8 Å². The van der Waals surface area contributed by atoms with E-state index in [1.807, 2.05) is 0 Å². The zero-order valence-electron chi connectivity index (χ0n) is 16.0. The minimum Gasteiger partial charge on any atom is -0.484 e. The molecule has 0 saturated carbocycles. The second-order valence-electron chi connectivity index (χ2n) is 6.38. The molecule has 3 rings (SSSR count). The van der Waals surface area contributed by atoms with Crippen LogP contribution >= 0.6 is 23.2 Å². The van der Waals surface area contributed by atoms with Gasteiger partial charge in [0.15, 0.2) is 6.61 Å². The summed E-state index contributed by atoms with van der Waals surface area (Å²) in [5.74, 6) is 0.524. The number of aromatic nitrogens is 2. The van der Waals surface area contributed by atoms with Crippen molar-refractivity contribution in [1.29, 1.82) is 0 Å². The number of hydrogen-bond acceptors (Lipinski definition) is 7. The van der Waals surface area contributed by atoms with Gasteiger partial charge >= 0.3 is 0 Å². The molecule has 1 heterocycles. The van der Waals surface area contributed by atoms with Crippen LogP contribution in [0.1, 0.15) is 11.5 Å². The van der Waals surface area contributed by atoms with Crippen LogP contribution in [0.4, 0.5) is 5.69 Å². The highest BCUT2D eigenvalue weighted by Crippen LogP contribution is 2.28. The second kappa shape index (κ2) is 9.10. The summed E-state index contributed by atoms with van der Waals surface area (Å²) in [6.45, 7) is 1.41. The number of ether oxygens (including phenoxy) is 1. The van der Waals surface area contributed by atoms with Gasteiger partial charge in [0.05, 0.1) is 16.5 Å². The number of halogens is 2. The molecular formula is C19H16Cl2N4O5. The number of rotatable bonds is 7. The highest BCUT2D eigenvalue weighted by Gasteiger charge is 2.17. The lowest BCUT2D eigenvalue weighted by molar-refractivity contribution is -0.385. The standard InChI is InChI=1S/C19H16Cl2N4O5/c1-11-7-13(4-6-16(11)25(27)28)29-10-18(26)24(2)9-17-22-19(23-30-17)14-5-3-12(20)8-15(14)21/h3-8H,9-10H2,1-2H3. The lowest BCUT2D eigenvalue weighted by atomic mass is 10.2. The van der Waals surface area contributed by atoms with Gasteiger partial charge in [-0.2, -0.15) is 4.98 Å². The maximum atomic E-state index is 12.3. The number of carbonyl (C=O) groups is 1. The number of likely N-dealkylation sites (N-methyl/N-ethyl adjacent to an activating group) is 1. The molecule has 30 heavy (non-hydrogen) atoms. The normalized spacial score (nSPS) is 10.7. The number of hydrogen-bond donors (Lipinski definition) is 0. The van der Waals surface area contributed by atoms with E-state index < -0.39 is 4.92 Å². The topological polar surface area (TPSA) is 112 Å². The molecule has 0 N–H and O–H groups in total. The quantitative estimate of drug-likeness (QED) is 0.389. The van der Waals surface area contributed by atoms with Crippen molar-refractivity contribution in [1.82, 2.24) is 15.0 Å². The van der Waals surface area contributed by atoms with Crippen LogP contribution in [-0.4, -0.2) is 39.5 Å². The fraction of sp³-hybridized carbons (Fsp3) is 0.211. The van der Waals surface area contributed by atoms with Crippen molar-refractivity contribution in [3.8, 4) is 17.1 Å². The molecule has 0 bridgehead atoms. The number of nitro groups is 1. The predicted octanol–water partition coefficient (Wildman–Crippen LogP) is 4.30. The minimum absolute atomic E-state index is 0.0150. The van der Waals surface area contributed by atoms with Gasteiger partial charge in [0.1, 0.15) is 5.75 Å². The molecule has 0 aliphatic heterocycles. The Morgan fingerprint density at radius 1 is 1.27 bits per heavy atom. The third kappa shape index (κ3) is 5.05. The van der Waals surface area contributed by atoms with Gasteiger partial charge in [-0.25, -0.2) is 0 Å². The maximum absolute atomic E-state index is 12.3. The SMILES string of the molecule is Cc1cc(OCC(=O)N(C)Cc2nc(-c3ccc(Cl)cc3Cl)no2)ccc1[N+](=O)[O-]. The van der Waals surface area contributed by atoms with Crippen LogP contribution in [0, 0.1) is 17.0 Å². The molecule has 9 nitrogen and oxygen atoms in total. The Balaban J connectivity index is 1.59. The van der Waals surface area contributed by atoms with Crippen LogP contribution in [-0.2, 0) is 11.3 Å². The first kappa shape index (κ1) is 21.5. The van der Waals surface area contributed by atoms with E-state index >= 15 is 0 Å². The van der Waals surface area contributed by atoms with Crippen LogP contribution in [0.3, 0.4) is 0 Å². The van der Waals surface area contributed by atoms with Crippen LogP contribution in [0.2, 0.25) is 10.0 Å². The van der Waals surface area contributed by atoms with Crippen molar-refractivity contribution in [3.05, 3.63) is 68.0 Å². The Morgan fingerprint density at radius 3 is 2.70 bits per heavy atom. The first-order valence-corrected chi connectivity index (χ1v) is 9.40. The smallest absolute Gasteiger partial charge is 0.272 e. The van der Waals surface area contributed by atoms with E-state index in [2.05, 4.69) is 10.1 Å². The Morgan fingerprint density at radius 2 is 2.03 bits per heavy atom. The van der Waals surface area contributed by atoms with Gasteiger partial charge in [0.25, 0.3) is 11.6 Å². The summed E-state index contributed by atoms with van der Waals surface area (Å²) in [5.41, 5.74) is 0.984. The van der Waals surface area contributed by atoms with Gasteiger partial charge in [-0.15, -0.1) is 0 Å². The first-order chi connectivity index (χ1) is 14.2. The number of nitro benzene ring substituents is 1. The molecule has 3 aromatic rings. The predicted molar refractivity (Wildman–Crippen MR) is 110 cm³/mol. The third-order valence-corrected chi connectivity index (χ3v) is 4.71. The Kier molecular flexibility index (Phi) is 6.53. The van der Waals surface area contributed by atoms with Crippen LogP contribution in [0.5, 0.6) is 5.75 Å². The Bertz CT molecular complexity index is 1100. The maximum Gasteiger partial charge on any atom is 0.272 e. The van der Waals surface area contributed by atoms with Gasteiger partial charge in [0.2, 0.25) is 11.7 Å². The van der Waals surface area contributed by atoms with Gasteiger partial charge in [-0.05, 0) is 37.3 Å². The lowest BCUT2D eigenvalue weighted by Crippen LogP contribution is -2.31. The van der Waals surface area contributed by atoms with E-state index in [1.165, 1.54) is 23.1 Å². The summed E-state index contributed by atoms with van der Waals surface area (Å²) >= 11 is 12.0. The van der Waals surface area contributed by atoms with Crippen molar-refractivity contribution in [2.24, 2.45) is 0 Å². The lowest BCUT2D eigenvalue weighted by Gasteiger charge is -2.15. The number of carbonyl (C=O) groups excluding carboxylic acids is 1. The summed E-state index contributed by atoms with van der Waals surface area (Å²) in [6, 6.07) is 9.19. The summed E-state index contributed by atoms with van der Waals surface area (Å²) in [6.07, 6.45) is 0. The molecule has 11 heteroatoms. The molecule has 0 fully saturated rings. The fourth-order valence-corrected chi connectivity index (χ4v) is 3.06. The first-order valence-electron chi connectivity index (χ1n) is 8.64. The average molecular weight is 451 g/mol. The molecule has 0 spiro atoms. The molecule has 0 unspecified atom stereocenters. The molecule has 0 radical (unpaired) electrons. The van der Waals surface area contributed by atoms with Gasteiger partial charge < -0.3 is 14.2 Å². The number of aryl methyl sites for hydroxylation is 1. The largest absolute Gasteiger partial charge is 0.484 e. The van der Waals surface area contributed by atoms with Gasteiger partial charge in [-0.3, -0.25) is 14.9 Å². The average Bonchev–Trinajstić information content (AvgIpc) is 3.13. The monoisotopic (exact) mass is 450 g/mol. The van der Waals surface area contributed by atoms with Crippen LogP contribution in [0.25, 0.3) is 11.4 Å². The minimum atomic E-state index is -0.478. The Labute approximate surface area is 181 Å². The summed E-state index contributed by atoms with van der Waals surface area (Å²) in [5, 5.41) is 15.6. The van der Waals surface area contributed by atoms with Crippen molar-refractivity contribution in [3.63, 3.8) is 0 Å². The molecule has 1 amide bonds. The van der Waals surface area contributed by atoms with Crippen molar-refractivity contribution < 1.29 is 19.0 Å². The van der Waals surface area contributed by atoms with Crippen LogP contribution in [0.15, 0.2) is 40.9 Å². The molecule has 2 aromatic carbocycles. The number of amides is 1. The second-order valence-corrected chi connectivity index (χ2v) is 7.22. The van der Waals surface area contributed by atoms with Gasteiger partial charge in [0, 0.05) is 29.3 Å². The van der Waals surface area contributed by atoms with E-state index in [9.17, 15) is 14.9 Å².